The van der Waals surface area contributed by atoms with Crippen molar-refractivity contribution in [2.75, 3.05) is 6.67 Å². The predicted molar refractivity (Wildman–Crippen MR) is 105 cm³/mol. The highest BCUT2D eigenvalue weighted by atomic mass is 16.6. The number of carbonyl (C=O) groups is 3. The van der Waals surface area contributed by atoms with E-state index in [1.807, 2.05) is 44.2 Å². The molecule has 0 aromatic heterocycles. The zero-order chi connectivity index (χ0) is 21.2. The Bertz CT molecular complexity index is 641. The van der Waals surface area contributed by atoms with Crippen LogP contribution >= 0.6 is 0 Å². The Labute approximate surface area is 166 Å². The summed E-state index contributed by atoms with van der Waals surface area (Å²) in [5.74, 6) is -0.310. The summed E-state index contributed by atoms with van der Waals surface area (Å²) in [7, 11) is 0. The van der Waals surface area contributed by atoms with Crippen LogP contribution in [-0.4, -0.2) is 36.4 Å². The average Bonchev–Trinajstić information content (AvgIpc) is 2.58. The first-order chi connectivity index (χ1) is 13.1. The fourth-order valence-electron chi connectivity index (χ4n) is 2.24. The molecule has 0 saturated carbocycles. The largest absolute Gasteiger partial charge is 0.458 e. The summed E-state index contributed by atoms with van der Waals surface area (Å²) in [5, 5.41) is 7.47. The maximum Gasteiger partial charge on any atom is 0.408 e. The minimum absolute atomic E-state index is 0.133. The average molecular weight is 393 g/mol. The summed E-state index contributed by atoms with van der Waals surface area (Å²) in [4.78, 5) is 36.0. The van der Waals surface area contributed by atoms with Crippen molar-refractivity contribution >= 4 is 18.1 Å². The first kappa shape index (κ1) is 23.3. The second-order valence-electron chi connectivity index (χ2n) is 7.78. The molecule has 0 saturated heterocycles. The number of benzene rings is 1. The van der Waals surface area contributed by atoms with Crippen molar-refractivity contribution in [3.8, 4) is 0 Å². The molecule has 1 aromatic carbocycles. The Kier molecular flexibility index (Phi) is 9.27. The summed E-state index contributed by atoms with van der Waals surface area (Å²) in [6, 6.07) is 7.89. The first-order valence-corrected chi connectivity index (χ1v) is 9.28. The summed E-state index contributed by atoms with van der Waals surface area (Å²) in [6.07, 6.45) is -0.218. The number of urea groups is 1. The van der Waals surface area contributed by atoms with Crippen molar-refractivity contribution in [2.45, 2.75) is 59.3 Å². The Balaban J connectivity index is 2.38. The molecule has 28 heavy (non-hydrogen) atoms. The van der Waals surface area contributed by atoms with Crippen LogP contribution in [0.25, 0.3) is 0 Å². The van der Waals surface area contributed by atoms with E-state index < -0.39 is 29.7 Å². The van der Waals surface area contributed by atoms with Gasteiger partial charge in [0.2, 0.25) is 0 Å². The van der Waals surface area contributed by atoms with Gasteiger partial charge in [-0.1, -0.05) is 44.2 Å². The van der Waals surface area contributed by atoms with Crippen molar-refractivity contribution in [3.05, 3.63) is 35.9 Å². The lowest BCUT2D eigenvalue weighted by Gasteiger charge is -2.25. The van der Waals surface area contributed by atoms with E-state index in [9.17, 15) is 14.4 Å². The van der Waals surface area contributed by atoms with Crippen LogP contribution in [-0.2, 0) is 20.9 Å². The molecule has 1 unspecified atom stereocenters. The molecule has 3 amide bonds. The third-order valence-corrected chi connectivity index (χ3v) is 3.40. The van der Waals surface area contributed by atoms with Gasteiger partial charge in [0.15, 0.2) is 0 Å². The highest BCUT2D eigenvalue weighted by Crippen LogP contribution is 2.12. The van der Waals surface area contributed by atoms with Gasteiger partial charge in [-0.3, -0.25) is 0 Å². The number of esters is 1. The number of hydrogen-bond donors (Lipinski definition) is 3. The Morgan fingerprint density at radius 2 is 1.68 bits per heavy atom. The predicted octanol–water partition coefficient (Wildman–Crippen LogP) is 2.93. The molecular formula is C20H31N3O5. The van der Waals surface area contributed by atoms with Gasteiger partial charge in [0, 0.05) is 0 Å². The molecule has 0 bridgehead atoms. The normalized spacial score (nSPS) is 12.1. The van der Waals surface area contributed by atoms with Crippen molar-refractivity contribution in [2.24, 2.45) is 5.92 Å². The second-order valence-corrected chi connectivity index (χ2v) is 7.78. The molecule has 1 aromatic rings. The molecule has 8 nitrogen and oxygen atoms in total. The zero-order valence-corrected chi connectivity index (χ0v) is 17.2. The van der Waals surface area contributed by atoms with Crippen LogP contribution in [0.3, 0.4) is 0 Å². The molecule has 0 fully saturated rings. The standard InChI is InChI=1S/C20H31N3O5/c1-14(2)11-16(17(24)28-20(3,4)5)23-18(25)21-13-22-19(26)27-12-15-9-7-6-8-10-15/h6-10,14,16H,11-13H2,1-5H3,(H,22,26)(H2,21,23,25). The molecule has 0 aliphatic carbocycles. The number of nitrogens with one attached hydrogen (secondary N) is 3. The lowest BCUT2D eigenvalue weighted by atomic mass is 10.0. The molecule has 8 heteroatoms. The molecule has 156 valence electrons. The number of amides is 3. The van der Waals surface area contributed by atoms with Crippen LogP contribution in [0.4, 0.5) is 9.59 Å². The zero-order valence-electron chi connectivity index (χ0n) is 17.2. The molecule has 3 N–H and O–H groups in total. The first-order valence-electron chi connectivity index (χ1n) is 9.28. The summed E-state index contributed by atoms with van der Waals surface area (Å²) < 4.78 is 10.4. The smallest absolute Gasteiger partial charge is 0.408 e. The van der Waals surface area contributed by atoms with Gasteiger partial charge in [-0.15, -0.1) is 0 Å². The number of hydrogen-bond acceptors (Lipinski definition) is 5. The lowest BCUT2D eigenvalue weighted by Crippen LogP contribution is -2.50. The highest BCUT2D eigenvalue weighted by molar-refractivity contribution is 5.83. The van der Waals surface area contributed by atoms with Gasteiger partial charge < -0.3 is 25.4 Å². The second kappa shape index (κ2) is 11.2. The van der Waals surface area contributed by atoms with Gasteiger partial charge in [0.05, 0.1) is 6.67 Å². The van der Waals surface area contributed by atoms with Crippen molar-refractivity contribution in [3.63, 3.8) is 0 Å². The third-order valence-electron chi connectivity index (χ3n) is 3.40. The SMILES string of the molecule is CC(C)CC(NC(=O)NCNC(=O)OCc1ccccc1)C(=O)OC(C)(C)C. The summed E-state index contributed by atoms with van der Waals surface area (Å²) in [5.41, 5.74) is 0.214. The molecule has 0 spiro atoms. The van der Waals surface area contributed by atoms with Crippen molar-refractivity contribution in [1.82, 2.24) is 16.0 Å². The van der Waals surface area contributed by atoms with E-state index >= 15 is 0 Å². The minimum Gasteiger partial charge on any atom is -0.458 e. The van der Waals surface area contributed by atoms with Gasteiger partial charge in [0.1, 0.15) is 18.2 Å². The van der Waals surface area contributed by atoms with E-state index in [1.54, 1.807) is 20.8 Å². The fourth-order valence-corrected chi connectivity index (χ4v) is 2.24. The monoisotopic (exact) mass is 393 g/mol. The van der Waals surface area contributed by atoms with Crippen LogP contribution in [0, 0.1) is 5.92 Å². The van der Waals surface area contributed by atoms with Crippen LogP contribution in [0.1, 0.15) is 46.6 Å². The van der Waals surface area contributed by atoms with Gasteiger partial charge in [-0.05, 0) is 38.7 Å². The summed E-state index contributed by atoms with van der Waals surface area (Å²) in [6.45, 7) is 9.19. The highest BCUT2D eigenvalue weighted by Gasteiger charge is 2.27. The molecule has 0 heterocycles. The van der Waals surface area contributed by atoms with Crippen LogP contribution in [0.2, 0.25) is 0 Å². The van der Waals surface area contributed by atoms with Crippen LogP contribution < -0.4 is 16.0 Å². The molecule has 0 radical (unpaired) electrons. The summed E-state index contributed by atoms with van der Waals surface area (Å²) >= 11 is 0. The number of ether oxygens (including phenoxy) is 2. The van der Waals surface area contributed by atoms with Crippen molar-refractivity contribution in [1.29, 1.82) is 0 Å². The Hall–Kier alpha value is -2.77. The van der Waals surface area contributed by atoms with Gasteiger partial charge in [-0.25, -0.2) is 14.4 Å². The van der Waals surface area contributed by atoms with Gasteiger partial charge in [0.25, 0.3) is 0 Å². The maximum absolute atomic E-state index is 12.3. The molecule has 0 aliphatic heterocycles. The van der Waals surface area contributed by atoms with Crippen LogP contribution in [0.5, 0.6) is 0 Å². The quantitative estimate of drug-likeness (QED) is 0.465. The van der Waals surface area contributed by atoms with Crippen molar-refractivity contribution < 1.29 is 23.9 Å². The Morgan fingerprint density at radius 1 is 1.04 bits per heavy atom. The van der Waals surface area contributed by atoms with Gasteiger partial charge in [-0.2, -0.15) is 0 Å². The van der Waals surface area contributed by atoms with Gasteiger partial charge >= 0.3 is 18.1 Å². The number of rotatable bonds is 8. The lowest BCUT2D eigenvalue weighted by molar-refractivity contribution is -0.157. The van der Waals surface area contributed by atoms with Crippen LogP contribution in [0.15, 0.2) is 30.3 Å². The number of alkyl carbamates (subject to hydrolysis) is 1. The fraction of sp³-hybridized carbons (Fsp3) is 0.550. The van der Waals surface area contributed by atoms with E-state index in [0.29, 0.717) is 6.42 Å². The Morgan fingerprint density at radius 3 is 2.25 bits per heavy atom. The van der Waals surface area contributed by atoms with E-state index in [4.69, 9.17) is 9.47 Å². The molecule has 1 rings (SSSR count). The van der Waals surface area contributed by atoms with E-state index in [-0.39, 0.29) is 19.2 Å². The van der Waals surface area contributed by atoms with E-state index in [2.05, 4.69) is 16.0 Å². The molecular weight excluding hydrogens is 362 g/mol. The van der Waals surface area contributed by atoms with E-state index in [0.717, 1.165) is 5.56 Å². The maximum atomic E-state index is 12.3. The van der Waals surface area contributed by atoms with E-state index in [1.165, 1.54) is 0 Å². The third kappa shape index (κ3) is 10.4. The molecule has 0 aliphatic rings. The minimum atomic E-state index is -0.774. The number of carbonyl (C=O) groups excluding carboxylic acids is 3. The molecule has 1 atom stereocenters. The topological polar surface area (TPSA) is 106 Å².